The first-order valence-electron chi connectivity index (χ1n) is 6.00. The fourth-order valence-electron chi connectivity index (χ4n) is 1.50. The highest BCUT2D eigenvalue weighted by molar-refractivity contribution is 7.19. The Morgan fingerprint density at radius 3 is 2.86 bits per heavy atom. The normalized spacial score (nSPS) is 9.71. The lowest BCUT2D eigenvalue weighted by atomic mass is 10.1. The molecule has 2 amide bonds. The van der Waals surface area contributed by atoms with Crippen LogP contribution in [0, 0.1) is 11.3 Å². The van der Waals surface area contributed by atoms with E-state index in [0.29, 0.717) is 22.2 Å². The third kappa shape index (κ3) is 4.45. The van der Waals surface area contributed by atoms with Crippen LogP contribution in [0.25, 0.3) is 0 Å². The molecule has 0 saturated heterocycles. The molecular formula is C13H13N5O2S. The molecule has 2 rings (SSSR count). The van der Waals surface area contributed by atoms with Crippen molar-refractivity contribution >= 4 is 27.5 Å². The highest BCUT2D eigenvalue weighted by Gasteiger charge is 2.06. The third-order valence-electron chi connectivity index (χ3n) is 2.46. The molecule has 2 aromatic rings. The lowest BCUT2D eigenvalue weighted by molar-refractivity contribution is 0.251. The molecule has 0 aliphatic heterocycles. The molecule has 0 bridgehead atoms. The Morgan fingerprint density at radius 1 is 1.43 bits per heavy atom. The molecule has 0 aliphatic rings. The molecule has 0 radical (unpaired) electrons. The van der Waals surface area contributed by atoms with E-state index in [1.54, 1.807) is 30.5 Å². The summed E-state index contributed by atoms with van der Waals surface area (Å²) in [6, 6.07) is 8.69. The highest BCUT2D eigenvalue weighted by atomic mass is 32.1. The monoisotopic (exact) mass is 303 g/mol. The Kier molecular flexibility index (Phi) is 5.09. The maximum Gasteiger partial charge on any atom is 0.321 e. The number of nitriles is 1. The molecule has 0 saturated carbocycles. The van der Waals surface area contributed by atoms with E-state index in [1.807, 2.05) is 6.07 Å². The molecule has 0 aliphatic carbocycles. The Labute approximate surface area is 125 Å². The molecule has 21 heavy (non-hydrogen) atoms. The number of anilines is 2. The summed E-state index contributed by atoms with van der Waals surface area (Å²) in [7, 11) is 1.50. The van der Waals surface area contributed by atoms with Crippen LogP contribution in [0.2, 0.25) is 0 Å². The highest BCUT2D eigenvalue weighted by Crippen LogP contribution is 2.22. The Bertz CT molecular complexity index is 647. The van der Waals surface area contributed by atoms with E-state index in [4.69, 9.17) is 10.1 Å². The topological polar surface area (TPSA) is 99.1 Å². The minimum atomic E-state index is -0.349. The first-order valence-corrected chi connectivity index (χ1v) is 6.81. The van der Waals surface area contributed by atoms with Gasteiger partial charge in [-0.05, 0) is 17.7 Å². The van der Waals surface area contributed by atoms with Gasteiger partial charge >= 0.3 is 6.03 Å². The summed E-state index contributed by atoms with van der Waals surface area (Å²) in [5.41, 5.74) is 4.12. The molecule has 0 unspecified atom stereocenters. The maximum absolute atomic E-state index is 11.7. The summed E-state index contributed by atoms with van der Waals surface area (Å²) in [6.45, 7) is 0.367. The number of amides is 2. The quantitative estimate of drug-likeness (QED) is 0.736. The zero-order valence-electron chi connectivity index (χ0n) is 11.2. The predicted molar refractivity (Wildman–Crippen MR) is 79.8 cm³/mol. The van der Waals surface area contributed by atoms with Gasteiger partial charge in [-0.15, -0.1) is 0 Å². The van der Waals surface area contributed by atoms with Crippen molar-refractivity contribution in [3.63, 3.8) is 0 Å². The van der Waals surface area contributed by atoms with Gasteiger partial charge in [-0.1, -0.05) is 23.5 Å². The number of thiazole rings is 1. The van der Waals surface area contributed by atoms with E-state index < -0.39 is 0 Å². The molecule has 0 atom stereocenters. The average molecular weight is 303 g/mol. The van der Waals surface area contributed by atoms with Crippen molar-refractivity contribution in [2.24, 2.45) is 0 Å². The summed E-state index contributed by atoms with van der Waals surface area (Å²) >= 11 is 1.26. The number of nitrogens with zero attached hydrogens (tertiary/aromatic N) is 2. The zero-order valence-corrected chi connectivity index (χ0v) is 12.0. The fraction of sp³-hybridized carbons (Fsp3) is 0.154. The van der Waals surface area contributed by atoms with Crippen LogP contribution in [0.1, 0.15) is 11.1 Å². The van der Waals surface area contributed by atoms with E-state index in [-0.39, 0.29) is 6.03 Å². The minimum absolute atomic E-state index is 0.349. The molecule has 7 nitrogen and oxygen atoms in total. The van der Waals surface area contributed by atoms with Crippen LogP contribution < -0.4 is 16.1 Å². The van der Waals surface area contributed by atoms with E-state index in [0.717, 1.165) is 5.56 Å². The van der Waals surface area contributed by atoms with Crippen molar-refractivity contribution in [1.29, 1.82) is 5.26 Å². The fourth-order valence-corrected chi connectivity index (χ4v) is 2.19. The van der Waals surface area contributed by atoms with Gasteiger partial charge in [0.2, 0.25) is 0 Å². The van der Waals surface area contributed by atoms with Crippen LogP contribution in [0.3, 0.4) is 0 Å². The number of nitrogens with one attached hydrogen (secondary N) is 3. The Hall–Kier alpha value is -2.63. The van der Waals surface area contributed by atoms with Gasteiger partial charge in [0.25, 0.3) is 0 Å². The van der Waals surface area contributed by atoms with E-state index in [2.05, 4.69) is 21.1 Å². The molecule has 1 heterocycles. The number of urea groups is 1. The number of benzene rings is 1. The van der Waals surface area contributed by atoms with Crippen molar-refractivity contribution in [2.75, 3.05) is 17.9 Å². The lowest BCUT2D eigenvalue weighted by Gasteiger charge is -2.05. The van der Waals surface area contributed by atoms with Gasteiger partial charge in [0, 0.05) is 6.54 Å². The number of carbonyl (C=O) groups excluding carboxylic acids is 1. The number of aromatic nitrogens is 1. The Balaban J connectivity index is 1.82. The zero-order chi connectivity index (χ0) is 15.1. The van der Waals surface area contributed by atoms with Crippen LogP contribution >= 0.6 is 11.3 Å². The third-order valence-corrected chi connectivity index (χ3v) is 3.27. The van der Waals surface area contributed by atoms with Crippen molar-refractivity contribution < 1.29 is 9.63 Å². The molecular weight excluding hydrogens is 290 g/mol. The standard InChI is InChI=1S/C13H13N5O2S/c1-20-18-11-8-16-13(21-11)17-12(19)15-7-10-4-2-9(6-14)3-5-10/h2-5,8,18H,7H2,1H3,(H2,15,16,17,19). The van der Waals surface area contributed by atoms with E-state index >= 15 is 0 Å². The van der Waals surface area contributed by atoms with Gasteiger partial charge in [-0.3, -0.25) is 15.6 Å². The SMILES string of the molecule is CONc1cnc(NC(=O)NCc2ccc(C#N)cc2)s1. The summed E-state index contributed by atoms with van der Waals surface area (Å²) in [4.78, 5) is 20.5. The van der Waals surface area contributed by atoms with Crippen LogP contribution in [-0.4, -0.2) is 18.1 Å². The Morgan fingerprint density at radius 2 is 2.19 bits per heavy atom. The summed E-state index contributed by atoms with van der Waals surface area (Å²) in [6.07, 6.45) is 1.56. The van der Waals surface area contributed by atoms with Gasteiger partial charge < -0.3 is 5.32 Å². The smallest absolute Gasteiger partial charge is 0.321 e. The predicted octanol–water partition coefficient (Wildman–Crippen LogP) is 2.31. The maximum atomic E-state index is 11.7. The first kappa shape index (κ1) is 14.8. The van der Waals surface area contributed by atoms with E-state index in [9.17, 15) is 4.79 Å². The number of hydrogen-bond donors (Lipinski definition) is 3. The number of rotatable bonds is 5. The summed E-state index contributed by atoms with van der Waals surface area (Å²) in [5, 5.41) is 15.2. The van der Waals surface area contributed by atoms with Crippen LogP contribution in [0.5, 0.6) is 0 Å². The van der Waals surface area contributed by atoms with Crippen LogP contribution in [-0.2, 0) is 11.4 Å². The van der Waals surface area contributed by atoms with Gasteiger partial charge in [-0.2, -0.15) is 5.26 Å². The molecule has 1 aromatic carbocycles. The lowest BCUT2D eigenvalue weighted by Crippen LogP contribution is -2.28. The van der Waals surface area contributed by atoms with Gasteiger partial charge in [-0.25, -0.2) is 9.78 Å². The van der Waals surface area contributed by atoms with Crippen LogP contribution in [0.4, 0.5) is 14.9 Å². The first-order chi connectivity index (χ1) is 10.2. The minimum Gasteiger partial charge on any atom is -0.334 e. The second-order valence-corrected chi connectivity index (χ2v) is 4.98. The molecule has 1 aromatic heterocycles. The van der Waals surface area contributed by atoms with Crippen molar-refractivity contribution in [3.8, 4) is 6.07 Å². The summed E-state index contributed by atoms with van der Waals surface area (Å²) < 4.78 is 0. The van der Waals surface area contributed by atoms with Crippen LogP contribution in [0.15, 0.2) is 30.5 Å². The molecule has 108 valence electrons. The number of carbonyl (C=O) groups is 1. The van der Waals surface area contributed by atoms with Crippen molar-refractivity contribution in [2.45, 2.75) is 6.54 Å². The molecule has 0 spiro atoms. The van der Waals surface area contributed by atoms with Crippen molar-refractivity contribution in [1.82, 2.24) is 10.3 Å². The van der Waals surface area contributed by atoms with Gasteiger partial charge in [0.15, 0.2) is 5.13 Å². The molecule has 3 N–H and O–H groups in total. The largest absolute Gasteiger partial charge is 0.334 e. The molecule has 0 fully saturated rings. The van der Waals surface area contributed by atoms with Crippen molar-refractivity contribution in [3.05, 3.63) is 41.6 Å². The van der Waals surface area contributed by atoms with E-state index in [1.165, 1.54) is 18.4 Å². The second-order valence-electron chi connectivity index (χ2n) is 3.95. The average Bonchev–Trinajstić information content (AvgIpc) is 2.93. The van der Waals surface area contributed by atoms with Gasteiger partial charge in [0.05, 0.1) is 24.9 Å². The molecule has 8 heteroatoms. The number of hydrogen-bond acceptors (Lipinski definition) is 6. The summed E-state index contributed by atoms with van der Waals surface area (Å²) in [5.74, 6) is 0. The second kappa shape index (κ2) is 7.23. The van der Waals surface area contributed by atoms with Gasteiger partial charge in [0.1, 0.15) is 5.00 Å².